The van der Waals surface area contributed by atoms with E-state index in [2.05, 4.69) is 10.4 Å². The number of nitro groups is 1. The number of nitrogens with zero attached hydrogens (tertiary/aromatic N) is 3. The van der Waals surface area contributed by atoms with Crippen LogP contribution in [0.5, 0.6) is 5.75 Å². The van der Waals surface area contributed by atoms with Crippen LogP contribution in [0.2, 0.25) is 0 Å². The van der Waals surface area contributed by atoms with E-state index in [0.29, 0.717) is 12.1 Å². The molecular weight excluding hydrogens is 372 g/mol. The molecule has 1 amide bonds. The second kappa shape index (κ2) is 9.01. The number of amides is 1. The van der Waals surface area contributed by atoms with Crippen molar-refractivity contribution in [2.75, 3.05) is 0 Å². The molecule has 150 valence electrons. The summed E-state index contributed by atoms with van der Waals surface area (Å²) in [4.78, 5) is 23.2. The number of carbonyl (C=O) groups is 1. The monoisotopic (exact) mass is 394 g/mol. The zero-order valence-electron chi connectivity index (χ0n) is 16.3. The van der Waals surface area contributed by atoms with Gasteiger partial charge in [0.1, 0.15) is 6.61 Å². The second-order valence-electron chi connectivity index (χ2n) is 6.54. The minimum absolute atomic E-state index is 0.0774. The summed E-state index contributed by atoms with van der Waals surface area (Å²) in [5.74, 6) is -0.0136. The Morgan fingerprint density at radius 1 is 1.24 bits per heavy atom. The lowest BCUT2D eigenvalue weighted by molar-refractivity contribution is -0.386. The number of benzene rings is 2. The van der Waals surface area contributed by atoms with Gasteiger partial charge in [0.05, 0.1) is 17.2 Å². The summed E-state index contributed by atoms with van der Waals surface area (Å²) in [5, 5.41) is 18.3. The van der Waals surface area contributed by atoms with Gasteiger partial charge in [0.15, 0.2) is 5.75 Å². The van der Waals surface area contributed by atoms with Gasteiger partial charge in [0.2, 0.25) is 0 Å². The van der Waals surface area contributed by atoms with Crippen molar-refractivity contribution in [1.29, 1.82) is 0 Å². The molecule has 1 N–H and O–H groups in total. The van der Waals surface area contributed by atoms with Gasteiger partial charge in [-0.2, -0.15) is 5.10 Å². The van der Waals surface area contributed by atoms with Crippen LogP contribution in [0, 0.1) is 17.0 Å². The Kier molecular flexibility index (Phi) is 6.23. The van der Waals surface area contributed by atoms with E-state index in [1.807, 2.05) is 23.7 Å². The van der Waals surface area contributed by atoms with Crippen LogP contribution in [0.1, 0.15) is 34.1 Å². The SMILES string of the molecule is CCn1nccc1CNC(=O)c1cccc(COc2ccc(C)cc2[N+](=O)[O-])c1. The largest absolute Gasteiger partial charge is 0.482 e. The van der Waals surface area contributed by atoms with Crippen LogP contribution in [0.15, 0.2) is 54.7 Å². The molecule has 0 radical (unpaired) electrons. The predicted octanol–water partition coefficient (Wildman–Crippen LogP) is 3.63. The fourth-order valence-electron chi connectivity index (χ4n) is 2.92. The molecule has 0 bridgehead atoms. The topological polar surface area (TPSA) is 99.3 Å². The van der Waals surface area contributed by atoms with E-state index in [0.717, 1.165) is 23.4 Å². The van der Waals surface area contributed by atoms with Crippen LogP contribution in [0.4, 0.5) is 5.69 Å². The summed E-state index contributed by atoms with van der Waals surface area (Å²) in [6, 6.07) is 13.7. The molecule has 0 aliphatic heterocycles. The molecule has 0 unspecified atom stereocenters. The quantitative estimate of drug-likeness (QED) is 0.465. The molecule has 0 atom stereocenters. The van der Waals surface area contributed by atoms with Crippen molar-refractivity contribution in [2.45, 2.75) is 33.5 Å². The molecule has 8 heteroatoms. The number of aromatic nitrogens is 2. The summed E-state index contributed by atoms with van der Waals surface area (Å²) in [7, 11) is 0. The first-order chi connectivity index (χ1) is 14.0. The Hall–Kier alpha value is -3.68. The van der Waals surface area contributed by atoms with Crippen molar-refractivity contribution in [3.63, 3.8) is 0 Å². The van der Waals surface area contributed by atoms with E-state index in [4.69, 9.17) is 4.74 Å². The average Bonchev–Trinajstić information content (AvgIpc) is 3.18. The molecule has 0 saturated carbocycles. The number of rotatable bonds is 8. The van der Waals surface area contributed by atoms with E-state index in [1.54, 1.807) is 43.5 Å². The highest BCUT2D eigenvalue weighted by atomic mass is 16.6. The Morgan fingerprint density at radius 2 is 2.07 bits per heavy atom. The van der Waals surface area contributed by atoms with E-state index in [1.165, 1.54) is 6.07 Å². The Labute approximate surface area is 168 Å². The zero-order valence-corrected chi connectivity index (χ0v) is 16.3. The van der Waals surface area contributed by atoms with Crippen LogP contribution in [-0.4, -0.2) is 20.6 Å². The molecule has 0 saturated heterocycles. The van der Waals surface area contributed by atoms with Crippen molar-refractivity contribution in [3.8, 4) is 5.75 Å². The van der Waals surface area contributed by atoms with E-state index in [-0.39, 0.29) is 24.0 Å². The van der Waals surface area contributed by atoms with Gasteiger partial charge in [0, 0.05) is 24.4 Å². The molecule has 0 aliphatic rings. The predicted molar refractivity (Wildman–Crippen MR) is 108 cm³/mol. The van der Waals surface area contributed by atoms with Gasteiger partial charge < -0.3 is 10.1 Å². The zero-order chi connectivity index (χ0) is 20.8. The lowest BCUT2D eigenvalue weighted by Crippen LogP contribution is -2.24. The van der Waals surface area contributed by atoms with Crippen LogP contribution in [0.25, 0.3) is 0 Å². The molecule has 8 nitrogen and oxygen atoms in total. The standard InChI is InChI=1S/C21H22N4O4/c1-3-24-18(9-10-23-24)13-22-21(26)17-6-4-5-16(12-17)14-29-20-8-7-15(2)11-19(20)25(27)28/h4-12H,3,13-14H2,1-2H3,(H,22,26). The lowest BCUT2D eigenvalue weighted by Gasteiger charge is -2.10. The maximum Gasteiger partial charge on any atom is 0.311 e. The third kappa shape index (κ3) is 4.98. The Balaban J connectivity index is 1.65. The first kappa shape index (κ1) is 20.1. The second-order valence-corrected chi connectivity index (χ2v) is 6.54. The molecule has 29 heavy (non-hydrogen) atoms. The molecule has 1 aromatic heterocycles. The maximum absolute atomic E-state index is 12.5. The summed E-state index contributed by atoms with van der Waals surface area (Å²) >= 11 is 0. The van der Waals surface area contributed by atoms with Crippen molar-refractivity contribution < 1.29 is 14.5 Å². The molecule has 0 fully saturated rings. The highest BCUT2D eigenvalue weighted by molar-refractivity contribution is 5.94. The third-order valence-corrected chi connectivity index (χ3v) is 4.43. The van der Waals surface area contributed by atoms with Gasteiger partial charge in [0.25, 0.3) is 5.91 Å². The van der Waals surface area contributed by atoms with E-state index >= 15 is 0 Å². The van der Waals surface area contributed by atoms with Gasteiger partial charge >= 0.3 is 5.69 Å². The molecular formula is C21H22N4O4. The average molecular weight is 394 g/mol. The van der Waals surface area contributed by atoms with Crippen molar-refractivity contribution in [2.24, 2.45) is 0 Å². The summed E-state index contributed by atoms with van der Waals surface area (Å²) in [6.45, 7) is 5.00. The first-order valence-corrected chi connectivity index (χ1v) is 9.23. The first-order valence-electron chi connectivity index (χ1n) is 9.23. The summed E-state index contributed by atoms with van der Waals surface area (Å²) in [5.41, 5.74) is 2.86. The van der Waals surface area contributed by atoms with Gasteiger partial charge in [-0.25, -0.2) is 0 Å². The number of hydrogen-bond acceptors (Lipinski definition) is 5. The lowest BCUT2D eigenvalue weighted by atomic mass is 10.1. The summed E-state index contributed by atoms with van der Waals surface area (Å²) < 4.78 is 7.46. The van der Waals surface area contributed by atoms with E-state index in [9.17, 15) is 14.9 Å². The van der Waals surface area contributed by atoms with Gasteiger partial charge in [-0.1, -0.05) is 18.2 Å². The number of aryl methyl sites for hydroxylation is 2. The van der Waals surface area contributed by atoms with Crippen LogP contribution in [0.3, 0.4) is 0 Å². The highest BCUT2D eigenvalue weighted by Gasteiger charge is 2.15. The highest BCUT2D eigenvalue weighted by Crippen LogP contribution is 2.28. The van der Waals surface area contributed by atoms with Gasteiger partial charge in [-0.3, -0.25) is 19.6 Å². The van der Waals surface area contributed by atoms with Crippen molar-refractivity contribution in [3.05, 3.63) is 87.2 Å². The molecule has 2 aromatic carbocycles. The van der Waals surface area contributed by atoms with Crippen LogP contribution >= 0.6 is 0 Å². The normalized spacial score (nSPS) is 10.6. The van der Waals surface area contributed by atoms with Crippen molar-refractivity contribution in [1.82, 2.24) is 15.1 Å². The molecule has 1 heterocycles. The Bertz CT molecular complexity index is 1030. The number of hydrogen-bond donors (Lipinski definition) is 1. The third-order valence-electron chi connectivity index (χ3n) is 4.43. The van der Waals surface area contributed by atoms with Crippen LogP contribution in [-0.2, 0) is 19.7 Å². The maximum atomic E-state index is 12.5. The fraction of sp³-hybridized carbons (Fsp3) is 0.238. The molecule has 0 aliphatic carbocycles. The summed E-state index contributed by atoms with van der Waals surface area (Å²) in [6.07, 6.45) is 1.70. The number of nitro benzene ring substituents is 1. The minimum Gasteiger partial charge on any atom is -0.482 e. The fourth-order valence-corrected chi connectivity index (χ4v) is 2.92. The minimum atomic E-state index is -0.465. The molecule has 3 aromatic rings. The molecule has 0 spiro atoms. The Morgan fingerprint density at radius 3 is 2.83 bits per heavy atom. The van der Waals surface area contributed by atoms with E-state index < -0.39 is 4.92 Å². The molecule has 3 rings (SSSR count). The smallest absolute Gasteiger partial charge is 0.311 e. The van der Waals surface area contributed by atoms with Gasteiger partial charge in [-0.05, 0) is 49.2 Å². The van der Waals surface area contributed by atoms with Crippen molar-refractivity contribution >= 4 is 11.6 Å². The van der Waals surface area contributed by atoms with Crippen LogP contribution < -0.4 is 10.1 Å². The number of nitrogens with one attached hydrogen (secondary N) is 1. The number of ether oxygens (including phenoxy) is 1. The van der Waals surface area contributed by atoms with Gasteiger partial charge in [-0.15, -0.1) is 0 Å². The number of carbonyl (C=O) groups excluding carboxylic acids is 1.